The van der Waals surface area contributed by atoms with Crippen LogP contribution in [0.15, 0.2) is 52.3 Å². The maximum atomic E-state index is 12.7. The van der Waals surface area contributed by atoms with Crippen LogP contribution in [0, 0.1) is 0 Å². The summed E-state index contributed by atoms with van der Waals surface area (Å²) in [6, 6.07) is 9.13. The number of amides is 1. The molecule has 1 aliphatic rings. The number of hydrogen-bond donors (Lipinski definition) is 1. The molecule has 0 radical (unpaired) electrons. The number of furan rings is 1. The molecule has 1 N–H and O–H groups in total. The summed E-state index contributed by atoms with van der Waals surface area (Å²) >= 11 is 1.56. The van der Waals surface area contributed by atoms with Gasteiger partial charge in [0.1, 0.15) is 5.76 Å². The molecule has 0 spiro atoms. The van der Waals surface area contributed by atoms with Gasteiger partial charge in [0, 0.05) is 19.4 Å². The first kappa shape index (κ1) is 22.3. The highest BCUT2D eigenvalue weighted by atomic mass is 32.2. The Labute approximate surface area is 192 Å². The molecule has 32 heavy (non-hydrogen) atoms. The molecule has 0 bridgehead atoms. The second kappa shape index (κ2) is 10.2. The van der Waals surface area contributed by atoms with E-state index in [0.29, 0.717) is 17.3 Å². The Bertz CT molecular complexity index is 1060. The minimum atomic E-state index is -0.254. The van der Waals surface area contributed by atoms with Crippen LogP contribution in [0.4, 0.5) is 0 Å². The molecule has 1 unspecified atom stereocenters. The van der Waals surface area contributed by atoms with E-state index < -0.39 is 0 Å². The molecule has 2 heterocycles. The minimum absolute atomic E-state index is 0.215. The summed E-state index contributed by atoms with van der Waals surface area (Å²) in [5, 5.41) is 3.89. The van der Waals surface area contributed by atoms with Crippen molar-refractivity contribution in [2.24, 2.45) is 7.05 Å². The summed E-state index contributed by atoms with van der Waals surface area (Å²) in [5.74, 6) is 2.81. The van der Waals surface area contributed by atoms with Crippen molar-refractivity contribution in [3.8, 4) is 11.5 Å². The average Bonchev–Trinajstić information content (AvgIpc) is 3.55. The van der Waals surface area contributed by atoms with Crippen molar-refractivity contribution in [2.45, 2.75) is 55.7 Å². The number of carbonyl (C=O) groups excluding carboxylic acids is 1. The van der Waals surface area contributed by atoms with Gasteiger partial charge in [0.2, 0.25) is 0 Å². The van der Waals surface area contributed by atoms with Crippen LogP contribution < -0.4 is 14.8 Å². The van der Waals surface area contributed by atoms with Crippen molar-refractivity contribution < 1.29 is 18.7 Å². The quantitative estimate of drug-likeness (QED) is 0.451. The molecule has 4 rings (SSSR count). The number of thioether (sulfide) groups is 1. The van der Waals surface area contributed by atoms with Crippen LogP contribution in [0.3, 0.4) is 0 Å². The standard InChI is InChI=1S/C24H29N3O4S/c1-16(17-8-10-20(22(14-17)29-3)30-18-6-4-5-7-18)26-23(28)21-11-9-19(31-21)15-32-24-25-12-13-27(24)2/h8-14,16,18H,4-7,15H2,1-3H3,(H,26,28). The van der Waals surface area contributed by atoms with Crippen LogP contribution in [-0.2, 0) is 12.8 Å². The van der Waals surface area contributed by atoms with E-state index >= 15 is 0 Å². The first-order valence-corrected chi connectivity index (χ1v) is 11.9. The molecule has 1 aliphatic carbocycles. The smallest absolute Gasteiger partial charge is 0.287 e. The monoisotopic (exact) mass is 455 g/mol. The van der Waals surface area contributed by atoms with Gasteiger partial charge in [-0.25, -0.2) is 4.98 Å². The Kier molecular flexibility index (Phi) is 7.09. The number of carbonyl (C=O) groups is 1. The molecule has 2 aromatic heterocycles. The fraction of sp³-hybridized carbons (Fsp3) is 0.417. The molecule has 1 aromatic carbocycles. The van der Waals surface area contributed by atoms with Gasteiger partial charge in [-0.15, -0.1) is 0 Å². The summed E-state index contributed by atoms with van der Waals surface area (Å²) in [6.45, 7) is 1.94. The normalized spacial score (nSPS) is 15.0. The number of rotatable bonds is 9. The number of aromatic nitrogens is 2. The number of nitrogens with zero attached hydrogens (tertiary/aromatic N) is 2. The predicted molar refractivity (Wildman–Crippen MR) is 123 cm³/mol. The topological polar surface area (TPSA) is 78.5 Å². The third-order valence-corrected chi connectivity index (χ3v) is 6.72. The predicted octanol–water partition coefficient (Wildman–Crippen LogP) is 5.13. The zero-order valence-electron chi connectivity index (χ0n) is 18.7. The molecule has 170 valence electrons. The van der Waals surface area contributed by atoms with Gasteiger partial charge in [-0.3, -0.25) is 4.79 Å². The maximum Gasteiger partial charge on any atom is 0.287 e. The van der Waals surface area contributed by atoms with E-state index in [4.69, 9.17) is 13.9 Å². The lowest BCUT2D eigenvalue weighted by atomic mass is 10.1. The van der Waals surface area contributed by atoms with Gasteiger partial charge in [0.15, 0.2) is 22.4 Å². The fourth-order valence-electron chi connectivity index (χ4n) is 3.79. The van der Waals surface area contributed by atoms with Gasteiger partial charge in [0.25, 0.3) is 5.91 Å². The van der Waals surface area contributed by atoms with E-state index in [9.17, 15) is 4.79 Å². The first-order chi connectivity index (χ1) is 15.5. The maximum absolute atomic E-state index is 12.7. The number of nitrogens with one attached hydrogen (secondary N) is 1. The van der Waals surface area contributed by atoms with Gasteiger partial charge < -0.3 is 23.8 Å². The summed E-state index contributed by atoms with van der Waals surface area (Å²) in [6.07, 6.45) is 8.51. The Morgan fingerprint density at radius 3 is 2.81 bits per heavy atom. The summed E-state index contributed by atoms with van der Waals surface area (Å²) in [5.41, 5.74) is 0.936. The molecule has 0 aliphatic heterocycles. The van der Waals surface area contributed by atoms with Crippen molar-refractivity contribution in [3.63, 3.8) is 0 Å². The minimum Gasteiger partial charge on any atom is -0.493 e. The Balaban J connectivity index is 1.35. The van der Waals surface area contributed by atoms with Crippen LogP contribution in [0.5, 0.6) is 11.5 Å². The highest BCUT2D eigenvalue weighted by Crippen LogP contribution is 2.34. The van der Waals surface area contributed by atoms with E-state index in [2.05, 4.69) is 10.3 Å². The first-order valence-electron chi connectivity index (χ1n) is 10.9. The number of hydrogen-bond acceptors (Lipinski definition) is 6. The lowest BCUT2D eigenvalue weighted by molar-refractivity contribution is 0.0910. The molecular formula is C24H29N3O4S. The third-order valence-electron chi connectivity index (χ3n) is 5.64. The van der Waals surface area contributed by atoms with Gasteiger partial charge in [-0.1, -0.05) is 17.8 Å². The number of aryl methyl sites for hydroxylation is 1. The average molecular weight is 456 g/mol. The Hall–Kier alpha value is -2.87. The zero-order chi connectivity index (χ0) is 22.5. The van der Waals surface area contributed by atoms with E-state index in [-0.39, 0.29) is 18.1 Å². The molecule has 1 atom stereocenters. The van der Waals surface area contributed by atoms with Crippen molar-refractivity contribution in [2.75, 3.05) is 7.11 Å². The van der Waals surface area contributed by atoms with Crippen LogP contribution in [0.25, 0.3) is 0 Å². The molecule has 8 heteroatoms. The van der Waals surface area contributed by atoms with E-state index in [0.717, 1.165) is 35.1 Å². The molecular weight excluding hydrogens is 426 g/mol. The number of imidazole rings is 1. The Morgan fingerprint density at radius 1 is 1.28 bits per heavy atom. The molecule has 7 nitrogen and oxygen atoms in total. The van der Waals surface area contributed by atoms with Gasteiger partial charge in [-0.05, 0) is 62.4 Å². The Morgan fingerprint density at radius 2 is 2.09 bits per heavy atom. The highest BCUT2D eigenvalue weighted by molar-refractivity contribution is 7.98. The van der Waals surface area contributed by atoms with Gasteiger partial charge in [0.05, 0.1) is 25.0 Å². The van der Waals surface area contributed by atoms with E-state index in [1.165, 1.54) is 12.8 Å². The summed E-state index contributed by atoms with van der Waals surface area (Å²) in [7, 11) is 3.58. The lowest BCUT2D eigenvalue weighted by Gasteiger charge is -2.19. The van der Waals surface area contributed by atoms with Crippen molar-refractivity contribution in [1.82, 2.24) is 14.9 Å². The number of benzene rings is 1. The molecule has 0 saturated heterocycles. The number of ether oxygens (including phenoxy) is 2. The fourth-order valence-corrected chi connectivity index (χ4v) is 4.62. The second-order valence-electron chi connectivity index (χ2n) is 8.01. The number of methoxy groups -OCH3 is 1. The van der Waals surface area contributed by atoms with Crippen molar-refractivity contribution >= 4 is 17.7 Å². The van der Waals surface area contributed by atoms with Gasteiger partial charge in [-0.2, -0.15) is 0 Å². The summed E-state index contributed by atoms with van der Waals surface area (Å²) in [4.78, 5) is 17.0. The van der Waals surface area contributed by atoms with Crippen molar-refractivity contribution in [3.05, 3.63) is 59.8 Å². The summed E-state index contributed by atoms with van der Waals surface area (Å²) < 4.78 is 19.3. The second-order valence-corrected chi connectivity index (χ2v) is 8.95. The SMILES string of the molecule is COc1cc(C(C)NC(=O)c2ccc(CSc3nccn3C)o2)ccc1OC1CCCC1. The van der Waals surface area contributed by atoms with Crippen LogP contribution in [-0.4, -0.2) is 28.7 Å². The van der Waals surface area contributed by atoms with E-state index in [1.807, 2.05) is 49.0 Å². The third kappa shape index (κ3) is 5.30. The highest BCUT2D eigenvalue weighted by Gasteiger charge is 2.20. The molecule has 3 aromatic rings. The van der Waals surface area contributed by atoms with Crippen molar-refractivity contribution in [1.29, 1.82) is 0 Å². The molecule has 1 amide bonds. The van der Waals surface area contributed by atoms with Crippen LogP contribution in [0.1, 0.15) is 60.5 Å². The van der Waals surface area contributed by atoms with Crippen LogP contribution >= 0.6 is 11.8 Å². The zero-order valence-corrected chi connectivity index (χ0v) is 19.5. The van der Waals surface area contributed by atoms with Gasteiger partial charge >= 0.3 is 0 Å². The molecule has 1 saturated carbocycles. The van der Waals surface area contributed by atoms with Crippen LogP contribution in [0.2, 0.25) is 0 Å². The lowest BCUT2D eigenvalue weighted by Crippen LogP contribution is -2.26. The molecule has 1 fully saturated rings. The largest absolute Gasteiger partial charge is 0.493 e. The van der Waals surface area contributed by atoms with E-state index in [1.54, 1.807) is 31.1 Å².